The summed E-state index contributed by atoms with van der Waals surface area (Å²) in [6.07, 6.45) is 0.899. The quantitative estimate of drug-likeness (QED) is 0.449. The summed E-state index contributed by atoms with van der Waals surface area (Å²) in [4.78, 5) is 4.76. The van der Waals surface area contributed by atoms with E-state index in [1.165, 1.54) is 0 Å². The van der Waals surface area contributed by atoms with E-state index in [1.54, 1.807) is 0 Å². The Hall–Kier alpha value is -0.240. The van der Waals surface area contributed by atoms with Crippen LogP contribution >= 0.6 is 0 Å². The minimum atomic E-state index is 0.181. The highest BCUT2D eigenvalue weighted by molar-refractivity contribution is 4.79. The van der Waals surface area contributed by atoms with Crippen LogP contribution in [0.1, 0.15) is 0 Å². The third kappa shape index (κ3) is 6.65. The van der Waals surface area contributed by atoms with E-state index in [-0.39, 0.29) is 6.04 Å². The first kappa shape index (κ1) is 15.2. The summed E-state index contributed by atoms with van der Waals surface area (Å²) in [7, 11) is 4.10. The first-order chi connectivity index (χ1) is 9.17. The van der Waals surface area contributed by atoms with Crippen molar-refractivity contribution in [2.75, 3.05) is 66.6 Å². The van der Waals surface area contributed by atoms with E-state index in [9.17, 15) is 0 Å². The maximum Gasteiger partial charge on any atom is 0.0936 e. The van der Waals surface area contributed by atoms with Gasteiger partial charge in [-0.25, -0.2) is 0 Å². The van der Waals surface area contributed by atoms with Gasteiger partial charge >= 0.3 is 0 Å². The maximum absolute atomic E-state index is 6.10. The molecule has 0 spiro atoms. The molecule has 2 aliphatic rings. The van der Waals surface area contributed by atoms with Gasteiger partial charge in [-0.2, -0.15) is 0 Å². The number of ether oxygens (including phenoxy) is 2. The molecule has 3 atom stereocenters. The van der Waals surface area contributed by atoms with Crippen molar-refractivity contribution in [3.63, 3.8) is 0 Å². The molecule has 0 saturated carbocycles. The minimum absolute atomic E-state index is 0.181. The second kappa shape index (κ2) is 7.52. The van der Waals surface area contributed by atoms with Crippen LogP contribution in [0.3, 0.4) is 0 Å². The number of hydrogen-bond acceptors (Lipinski definition) is 6. The van der Waals surface area contributed by atoms with E-state index in [0.717, 1.165) is 52.5 Å². The Kier molecular flexibility index (Phi) is 6.00. The molecule has 2 saturated heterocycles. The van der Waals surface area contributed by atoms with Crippen molar-refractivity contribution in [2.24, 2.45) is 5.73 Å². The molecule has 0 amide bonds. The third-order valence-electron chi connectivity index (χ3n) is 3.54. The average Bonchev–Trinajstić information content (AvgIpc) is 3.22. The molecule has 0 aromatic rings. The molecule has 19 heavy (non-hydrogen) atoms. The molecule has 2 fully saturated rings. The zero-order chi connectivity index (χ0) is 13.7. The van der Waals surface area contributed by atoms with E-state index >= 15 is 0 Å². The molecule has 2 rings (SSSR count). The lowest BCUT2D eigenvalue weighted by atomic mass is 10.2. The molecule has 3 unspecified atom stereocenters. The molecule has 2 heterocycles. The Labute approximate surface area is 116 Å². The van der Waals surface area contributed by atoms with Crippen molar-refractivity contribution in [3.05, 3.63) is 0 Å². The molecule has 0 aromatic heterocycles. The van der Waals surface area contributed by atoms with Gasteiger partial charge in [-0.05, 0) is 14.1 Å². The number of likely N-dealkylation sites (N-methyl/N-ethyl adjacent to an activating group) is 2. The van der Waals surface area contributed by atoms with Crippen LogP contribution in [0.4, 0.5) is 0 Å². The van der Waals surface area contributed by atoms with Crippen LogP contribution in [0.15, 0.2) is 0 Å². The zero-order valence-electron chi connectivity index (χ0n) is 12.2. The summed E-state index contributed by atoms with van der Waals surface area (Å²) >= 11 is 0. The first-order valence-electron chi connectivity index (χ1n) is 7.21. The fourth-order valence-electron chi connectivity index (χ4n) is 2.30. The topological polar surface area (TPSA) is 69.6 Å². The minimum Gasteiger partial charge on any atom is -0.372 e. The number of hydrogen-bond donors (Lipinski definition) is 2. The van der Waals surface area contributed by atoms with Gasteiger partial charge in [0, 0.05) is 45.3 Å². The lowest BCUT2D eigenvalue weighted by molar-refractivity contribution is 0.192. The zero-order valence-corrected chi connectivity index (χ0v) is 12.2. The van der Waals surface area contributed by atoms with Gasteiger partial charge < -0.3 is 25.4 Å². The van der Waals surface area contributed by atoms with Gasteiger partial charge in [-0.15, -0.1) is 0 Å². The SMILES string of the molecule is CNCC(N)CN(CCN(C)CC1CO1)CC1CO1. The Morgan fingerprint density at radius 2 is 1.84 bits per heavy atom. The molecule has 2 aliphatic heterocycles. The summed E-state index contributed by atoms with van der Waals surface area (Å²) < 4.78 is 10.6. The predicted molar refractivity (Wildman–Crippen MR) is 75.3 cm³/mol. The monoisotopic (exact) mass is 272 g/mol. The van der Waals surface area contributed by atoms with Crippen molar-refractivity contribution >= 4 is 0 Å². The fourth-order valence-corrected chi connectivity index (χ4v) is 2.30. The van der Waals surface area contributed by atoms with E-state index in [0.29, 0.717) is 12.2 Å². The lowest BCUT2D eigenvalue weighted by Crippen LogP contribution is -2.46. The molecular formula is C13H28N4O2. The molecule has 112 valence electrons. The van der Waals surface area contributed by atoms with Gasteiger partial charge in [0.05, 0.1) is 25.4 Å². The van der Waals surface area contributed by atoms with Crippen molar-refractivity contribution in [2.45, 2.75) is 18.2 Å². The van der Waals surface area contributed by atoms with Crippen molar-refractivity contribution in [1.29, 1.82) is 0 Å². The van der Waals surface area contributed by atoms with Gasteiger partial charge in [0.25, 0.3) is 0 Å². The molecule has 6 nitrogen and oxygen atoms in total. The summed E-state index contributed by atoms with van der Waals surface area (Å²) in [6.45, 7) is 7.75. The number of nitrogens with two attached hydrogens (primary N) is 1. The van der Waals surface area contributed by atoms with Gasteiger partial charge in [0.15, 0.2) is 0 Å². The highest BCUT2D eigenvalue weighted by Gasteiger charge is 2.27. The Bertz CT molecular complexity index is 259. The van der Waals surface area contributed by atoms with Crippen molar-refractivity contribution in [1.82, 2.24) is 15.1 Å². The van der Waals surface area contributed by atoms with Crippen molar-refractivity contribution in [3.8, 4) is 0 Å². The predicted octanol–water partition coefficient (Wildman–Crippen LogP) is -1.44. The number of nitrogens with zero attached hydrogens (tertiary/aromatic N) is 2. The van der Waals surface area contributed by atoms with Crippen LogP contribution < -0.4 is 11.1 Å². The summed E-state index contributed by atoms with van der Waals surface area (Å²) in [6, 6.07) is 0.181. The number of nitrogens with one attached hydrogen (secondary N) is 1. The number of rotatable bonds is 11. The summed E-state index contributed by atoms with van der Waals surface area (Å²) in [5, 5.41) is 3.13. The first-order valence-corrected chi connectivity index (χ1v) is 7.21. The van der Waals surface area contributed by atoms with Gasteiger partial charge in [-0.1, -0.05) is 0 Å². The molecule has 6 heteroatoms. The Morgan fingerprint density at radius 1 is 1.21 bits per heavy atom. The van der Waals surface area contributed by atoms with Gasteiger partial charge in [0.1, 0.15) is 0 Å². The van der Waals surface area contributed by atoms with E-state index in [4.69, 9.17) is 15.2 Å². The van der Waals surface area contributed by atoms with E-state index in [2.05, 4.69) is 22.2 Å². The van der Waals surface area contributed by atoms with Crippen LogP contribution in [-0.4, -0.2) is 94.6 Å². The number of epoxide rings is 2. The Balaban J connectivity index is 1.65. The van der Waals surface area contributed by atoms with Crippen LogP contribution in [0.25, 0.3) is 0 Å². The largest absolute Gasteiger partial charge is 0.372 e. The second-order valence-corrected chi connectivity index (χ2v) is 5.75. The average molecular weight is 272 g/mol. The summed E-state index contributed by atoms with van der Waals surface area (Å²) in [5.41, 5.74) is 6.10. The molecule has 0 aliphatic carbocycles. The Morgan fingerprint density at radius 3 is 2.42 bits per heavy atom. The molecule has 0 bridgehead atoms. The standard InChI is InChI=1S/C13H28N4O2/c1-15-5-11(14)6-17(8-13-10-19-13)4-3-16(2)7-12-9-18-12/h11-13,15H,3-10,14H2,1-2H3. The van der Waals surface area contributed by atoms with Crippen molar-refractivity contribution < 1.29 is 9.47 Å². The molecule has 0 aromatic carbocycles. The van der Waals surface area contributed by atoms with Crippen LogP contribution in [0, 0.1) is 0 Å². The smallest absolute Gasteiger partial charge is 0.0936 e. The molecule has 3 N–H and O–H groups in total. The molecule has 0 radical (unpaired) electrons. The van der Waals surface area contributed by atoms with Crippen LogP contribution in [0.2, 0.25) is 0 Å². The second-order valence-electron chi connectivity index (χ2n) is 5.75. The van der Waals surface area contributed by atoms with Crippen LogP contribution in [0.5, 0.6) is 0 Å². The third-order valence-corrected chi connectivity index (χ3v) is 3.54. The molecular weight excluding hydrogens is 244 g/mol. The maximum atomic E-state index is 6.10. The highest BCUT2D eigenvalue weighted by Crippen LogP contribution is 2.12. The van der Waals surface area contributed by atoms with Gasteiger partial charge in [-0.3, -0.25) is 4.90 Å². The van der Waals surface area contributed by atoms with Crippen LogP contribution in [-0.2, 0) is 9.47 Å². The summed E-state index contributed by atoms with van der Waals surface area (Å²) in [5.74, 6) is 0. The lowest BCUT2D eigenvalue weighted by Gasteiger charge is -2.27. The van der Waals surface area contributed by atoms with E-state index in [1.807, 2.05) is 7.05 Å². The normalized spacial score (nSPS) is 27.0. The van der Waals surface area contributed by atoms with Gasteiger partial charge in [0.2, 0.25) is 0 Å². The van der Waals surface area contributed by atoms with E-state index < -0.39 is 0 Å². The fraction of sp³-hybridized carbons (Fsp3) is 1.00. The highest BCUT2D eigenvalue weighted by atomic mass is 16.6.